The number of hydrogen-bond acceptors (Lipinski definition) is 5. The van der Waals surface area contributed by atoms with Crippen molar-refractivity contribution < 1.29 is 9.72 Å². The van der Waals surface area contributed by atoms with E-state index in [9.17, 15) is 14.9 Å². The van der Waals surface area contributed by atoms with Crippen molar-refractivity contribution in [2.45, 2.75) is 26.2 Å². The summed E-state index contributed by atoms with van der Waals surface area (Å²) in [7, 11) is 0. The van der Waals surface area contributed by atoms with Gasteiger partial charge >= 0.3 is 0 Å². The van der Waals surface area contributed by atoms with Crippen LogP contribution >= 0.6 is 0 Å². The van der Waals surface area contributed by atoms with Crippen LogP contribution in [0.15, 0.2) is 42.5 Å². The zero-order valence-electron chi connectivity index (χ0n) is 15.4. The smallest absolute Gasteiger partial charge is 0.269 e. The molecule has 0 aliphatic carbocycles. The van der Waals surface area contributed by atoms with Crippen LogP contribution < -0.4 is 15.5 Å². The highest BCUT2D eigenvalue weighted by molar-refractivity contribution is 5.91. The van der Waals surface area contributed by atoms with Gasteiger partial charge in [-0.2, -0.15) is 0 Å². The zero-order chi connectivity index (χ0) is 19.2. The van der Waals surface area contributed by atoms with E-state index in [0.29, 0.717) is 19.4 Å². The van der Waals surface area contributed by atoms with Crippen molar-refractivity contribution in [1.29, 1.82) is 0 Å². The molecule has 7 nitrogen and oxygen atoms in total. The van der Waals surface area contributed by atoms with Crippen LogP contribution in [0.3, 0.4) is 0 Å². The molecule has 0 radical (unpaired) electrons. The average molecular weight is 368 g/mol. The third kappa shape index (κ3) is 4.75. The lowest BCUT2D eigenvalue weighted by Crippen LogP contribution is -2.19. The predicted molar refractivity (Wildman–Crippen MR) is 107 cm³/mol. The Morgan fingerprint density at radius 3 is 2.63 bits per heavy atom. The molecule has 0 bridgehead atoms. The second-order valence-electron chi connectivity index (χ2n) is 6.56. The van der Waals surface area contributed by atoms with Gasteiger partial charge in [-0.1, -0.05) is 6.07 Å². The van der Waals surface area contributed by atoms with E-state index >= 15 is 0 Å². The summed E-state index contributed by atoms with van der Waals surface area (Å²) in [6, 6.07) is 12.4. The molecule has 2 aromatic carbocycles. The zero-order valence-corrected chi connectivity index (χ0v) is 15.4. The third-order valence-electron chi connectivity index (χ3n) is 4.73. The van der Waals surface area contributed by atoms with Gasteiger partial charge in [0.2, 0.25) is 5.91 Å². The van der Waals surface area contributed by atoms with E-state index in [1.807, 2.05) is 6.07 Å². The molecule has 2 aromatic rings. The van der Waals surface area contributed by atoms with Gasteiger partial charge in [-0.05, 0) is 49.6 Å². The van der Waals surface area contributed by atoms with E-state index in [4.69, 9.17) is 0 Å². The molecule has 0 saturated heterocycles. The number of nitro groups is 1. The number of likely N-dealkylation sites (N-methyl/N-ethyl adjacent to an activating group) is 1. The number of carbonyl (C=O) groups excluding carboxylic acids is 1. The summed E-state index contributed by atoms with van der Waals surface area (Å²) in [5.41, 5.74) is 4.26. The summed E-state index contributed by atoms with van der Waals surface area (Å²) in [6.07, 6.45) is 2.15. The number of non-ortho nitro benzene ring substituents is 1. The molecule has 142 valence electrons. The molecule has 0 spiro atoms. The first-order valence-corrected chi connectivity index (χ1v) is 9.23. The largest absolute Gasteiger partial charge is 0.385 e. The van der Waals surface area contributed by atoms with E-state index in [2.05, 4.69) is 34.6 Å². The topological polar surface area (TPSA) is 87.5 Å². The molecule has 0 fully saturated rings. The number of fused-ring (bicyclic) bond motifs is 1. The van der Waals surface area contributed by atoms with Gasteiger partial charge in [0, 0.05) is 55.2 Å². The van der Waals surface area contributed by atoms with Crippen molar-refractivity contribution in [2.75, 3.05) is 35.2 Å². The summed E-state index contributed by atoms with van der Waals surface area (Å²) in [4.78, 5) is 24.7. The Kier molecular flexibility index (Phi) is 5.90. The van der Waals surface area contributed by atoms with Crippen LogP contribution in [0.25, 0.3) is 0 Å². The molecule has 3 rings (SSSR count). The summed E-state index contributed by atoms with van der Waals surface area (Å²) in [6.45, 7) is 4.77. The highest BCUT2D eigenvalue weighted by Gasteiger charge is 2.18. The van der Waals surface area contributed by atoms with Gasteiger partial charge in [0.05, 0.1) is 4.92 Å². The first-order valence-electron chi connectivity index (χ1n) is 9.23. The molecule has 27 heavy (non-hydrogen) atoms. The Bertz CT molecular complexity index is 820. The highest BCUT2D eigenvalue weighted by atomic mass is 16.6. The molecular formula is C20H24N4O3. The maximum atomic E-state index is 12.2. The van der Waals surface area contributed by atoms with Crippen molar-refractivity contribution in [3.05, 3.63) is 58.1 Å². The average Bonchev–Trinajstić information content (AvgIpc) is 3.08. The number of amides is 1. The molecule has 7 heteroatoms. The summed E-state index contributed by atoms with van der Waals surface area (Å²) < 4.78 is 0. The number of carbonyl (C=O) groups is 1. The first-order chi connectivity index (χ1) is 13.1. The molecule has 1 aliphatic heterocycles. The standard InChI is InChI=1S/C20H24N4O3/c1-2-23-13-11-15-5-6-17(14-19(15)23)22-20(25)4-3-12-21-16-7-9-18(10-8-16)24(26)27/h5-10,14,21H,2-4,11-13H2,1H3,(H,22,25). The second kappa shape index (κ2) is 8.53. The Balaban J connectivity index is 1.43. The minimum atomic E-state index is -0.424. The number of nitrogens with one attached hydrogen (secondary N) is 2. The number of rotatable bonds is 8. The molecule has 1 amide bonds. The van der Waals surface area contributed by atoms with Crippen molar-refractivity contribution in [3.8, 4) is 0 Å². The van der Waals surface area contributed by atoms with Crippen LogP contribution in [-0.2, 0) is 11.2 Å². The molecule has 0 aromatic heterocycles. The first kappa shape index (κ1) is 18.7. The van der Waals surface area contributed by atoms with E-state index in [-0.39, 0.29) is 11.6 Å². The monoisotopic (exact) mass is 368 g/mol. The molecule has 2 N–H and O–H groups in total. The molecule has 1 aliphatic rings. The lowest BCUT2D eigenvalue weighted by molar-refractivity contribution is -0.384. The SMILES string of the molecule is CCN1CCc2ccc(NC(=O)CCCNc3ccc([N+](=O)[O-])cc3)cc21. The Morgan fingerprint density at radius 2 is 1.93 bits per heavy atom. The van der Waals surface area contributed by atoms with Gasteiger partial charge in [0.15, 0.2) is 0 Å². The number of benzene rings is 2. The summed E-state index contributed by atoms with van der Waals surface area (Å²) >= 11 is 0. The lowest BCUT2D eigenvalue weighted by atomic mass is 10.1. The fourth-order valence-corrected chi connectivity index (χ4v) is 3.26. The maximum absolute atomic E-state index is 12.2. The minimum absolute atomic E-state index is 0.0125. The molecule has 1 heterocycles. The van der Waals surface area contributed by atoms with Crippen molar-refractivity contribution in [3.63, 3.8) is 0 Å². The summed E-state index contributed by atoms with van der Waals surface area (Å²) in [5.74, 6) is -0.0125. The number of nitro benzene ring substituents is 1. The van der Waals surface area contributed by atoms with Crippen LogP contribution in [0.4, 0.5) is 22.7 Å². The van der Waals surface area contributed by atoms with E-state index in [1.165, 1.54) is 23.4 Å². The maximum Gasteiger partial charge on any atom is 0.269 e. The lowest BCUT2D eigenvalue weighted by Gasteiger charge is -2.17. The second-order valence-corrected chi connectivity index (χ2v) is 6.56. The fourth-order valence-electron chi connectivity index (χ4n) is 3.26. The van der Waals surface area contributed by atoms with Gasteiger partial charge in [0.1, 0.15) is 0 Å². The predicted octanol–water partition coefficient (Wildman–Crippen LogP) is 3.81. The van der Waals surface area contributed by atoms with Crippen LogP contribution in [0.1, 0.15) is 25.3 Å². The van der Waals surface area contributed by atoms with Gasteiger partial charge in [-0.15, -0.1) is 0 Å². The quantitative estimate of drug-likeness (QED) is 0.420. The highest BCUT2D eigenvalue weighted by Crippen LogP contribution is 2.30. The van der Waals surface area contributed by atoms with Crippen LogP contribution in [0.5, 0.6) is 0 Å². The van der Waals surface area contributed by atoms with Gasteiger partial charge in [0.25, 0.3) is 5.69 Å². The Morgan fingerprint density at radius 1 is 1.19 bits per heavy atom. The van der Waals surface area contributed by atoms with Crippen LogP contribution in [0.2, 0.25) is 0 Å². The molecule has 0 unspecified atom stereocenters. The number of hydrogen-bond donors (Lipinski definition) is 2. The van der Waals surface area contributed by atoms with Crippen molar-refractivity contribution >= 4 is 28.7 Å². The van der Waals surface area contributed by atoms with Crippen molar-refractivity contribution in [1.82, 2.24) is 0 Å². The van der Waals surface area contributed by atoms with Crippen molar-refractivity contribution in [2.24, 2.45) is 0 Å². The molecule has 0 saturated carbocycles. The minimum Gasteiger partial charge on any atom is -0.385 e. The Hall–Kier alpha value is -3.09. The van der Waals surface area contributed by atoms with Gasteiger partial charge in [-0.3, -0.25) is 14.9 Å². The number of nitrogens with zero attached hydrogens (tertiary/aromatic N) is 2. The van der Waals surface area contributed by atoms with Gasteiger partial charge < -0.3 is 15.5 Å². The Labute approximate surface area is 158 Å². The van der Waals surface area contributed by atoms with E-state index < -0.39 is 4.92 Å². The summed E-state index contributed by atoms with van der Waals surface area (Å²) in [5, 5.41) is 16.8. The normalized spacial score (nSPS) is 12.6. The van der Waals surface area contributed by atoms with Crippen LogP contribution in [-0.4, -0.2) is 30.5 Å². The third-order valence-corrected chi connectivity index (χ3v) is 4.73. The fraction of sp³-hybridized carbons (Fsp3) is 0.350. The molecule has 0 atom stereocenters. The van der Waals surface area contributed by atoms with Gasteiger partial charge in [-0.25, -0.2) is 0 Å². The van der Waals surface area contributed by atoms with Crippen LogP contribution in [0, 0.1) is 10.1 Å². The van der Waals surface area contributed by atoms with E-state index in [1.54, 1.807) is 12.1 Å². The number of anilines is 3. The van der Waals surface area contributed by atoms with E-state index in [0.717, 1.165) is 30.9 Å². The molecular weight excluding hydrogens is 344 g/mol.